The molecule has 1 aliphatic carbocycles. The average molecular weight is 361 g/mol. The van der Waals surface area contributed by atoms with Crippen LogP contribution in [0.1, 0.15) is 67.2 Å². The van der Waals surface area contributed by atoms with Crippen molar-refractivity contribution in [3.05, 3.63) is 0 Å². The van der Waals surface area contributed by atoms with Crippen LogP contribution in [0.3, 0.4) is 0 Å². The fourth-order valence-corrected chi connectivity index (χ4v) is 7.77. The Bertz CT molecular complexity index is 461. The van der Waals surface area contributed by atoms with Gasteiger partial charge in [-0.2, -0.15) is 0 Å². The zero-order valence-corrected chi connectivity index (χ0v) is 18.4. The lowest BCUT2D eigenvalue weighted by atomic mass is 9.55. The minimum absolute atomic E-state index is 0.532. The topological polar surface area (TPSA) is 6.48 Å². The van der Waals surface area contributed by atoms with Gasteiger partial charge in [-0.15, -0.1) is 0 Å². The van der Waals surface area contributed by atoms with Crippen LogP contribution in [0, 0.1) is 46.3 Å². The molecule has 7 rings (SSSR count). The van der Waals surface area contributed by atoms with E-state index >= 15 is 0 Å². The van der Waals surface area contributed by atoms with Gasteiger partial charge in [0.1, 0.15) is 0 Å². The third-order valence-corrected chi connectivity index (χ3v) is 8.56. The molecule has 6 heterocycles. The second kappa shape index (κ2) is 6.76. The molecule has 7 aliphatic rings. The molecular formula is C24H44N2. The van der Waals surface area contributed by atoms with Crippen molar-refractivity contribution in [2.75, 3.05) is 39.3 Å². The SMILES string of the molecule is CC(C)(C)C1C2CC3CC1CN(C3)C2.CC(C)(C)C1CN2CCC1CC2. The number of piperidine rings is 6. The zero-order valence-electron chi connectivity index (χ0n) is 18.4. The van der Waals surface area contributed by atoms with Gasteiger partial charge in [0.25, 0.3) is 0 Å². The first-order valence-corrected chi connectivity index (χ1v) is 11.6. The van der Waals surface area contributed by atoms with Crippen molar-refractivity contribution in [1.29, 1.82) is 0 Å². The highest BCUT2D eigenvalue weighted by atomic mass is 15.2. The lowest BCUT2D eigenvalue weighted by molar-refractivity contribution is -0.101. The third kappa shape index (κ3) is 3.75. The molecule has 0 spiro atoms. The number of fused-ring (bicyclic) bond motifs is 3. The van der Waals surface area contributed by atoms with E-state index in [0.29, 0.717) is 10.8 Å². The standard InChI is InChI=1S/C13H23N.C11H21N/c1-13(2,3)12-10-4-9-5-11(12)8-14(6-9)7-10;1-11(2,3)10-8-12-6-4-9(10)5-7-12/h9-12H,4-8H2,1-3H3;9-10H,4-8H2,1-3H3. The van der Waals surface area contributed by atoms with Crippen LogP contribution in [0.2, 0.25) is 0 Å². The summed E-state index contributed by atoms with van der Waals surface area (Å²) in [5.74, 6) is 6.12. The molecule has 1 saturated carbocycles. The normalized spacial score (nSPS) is 46.8. The van der Waals surface area contributed by atoms with Gasteiger partial charge < -0.3 is 9.80 Å². The first kappa shape index (κ1) is 19.2. The molecule has 0 aromatic carbocycles. The molecule has 7 fully saturated rings. The van der Waals surface area contributed by atoms with Crippen molar-refractivity contribution >= 4 is 0 Å². The van der Waals surface area contributed by atoms with E-state index in [-0.39, 0.29) is 0 Å². The maximum Gasteiger partial charge on any atom is 0.00173 e. The van der Waals surface area contributed by atoms with E-state index < -0.39 is 0 Å². The first-order chi connectivity index (χ1) is 12.1. The second-order valence-electron chi connectivity index (χ2n) is 12.6. The van der Waals surface area contributed by atoms with E-state index in [9.17, 15) is 0 Å². The first-order valence-electron chi connectivity index (χ1n) is 11.6. The van der Waals surface area contributed by atoms with Gasteiger partial charge in [0.2, 0.25) is 0 Å². The van der Waals surface area contributed by atoms with E-state index in [1.54, 1.807) is 0 Å². The van der Waals surface area contributed by atoms with E-state index in [4.69, 9.17) is 0 Å². The lowest BCUT2D eigenvalue weighted by Gasteiger charge is -2.59. The molecule has 0 N–H and O–H groups in total. The highest BCUT2D eigenvalue weighted by Crippen LogP contribution is 2.53. The molecule has 2 heteroatoms. The molecule has 6 aliphatic heterocycles. The Balaban J connectivity index is 0.000000131. The fraction of sp³-hybridized carbons (Fsp3) is 1.00. The molecule has 3 unspecified atom stereocenters. The minimum atomic E-state index is 0.532. The van der Waals surface area contributed by atoms with Crippen LogP contribution in [0.4, 0.5) is 0 Å². The zero-order chi connectivity index (χ0) is 18.7. The summed E-state index contributed by atoms with van der Waals surface area (Å²) in [5, 5.41) is 0. The molecule has 6 bridgehead atoms. The van der Waals surface area contributed by atoms with Crippen LogP contribution >= 0.6 is 0 Å². The van der Waals surface area contributed by atoms with Gasteiger partial charge in [-0.1, -0.05) is 41.5 Å². The van der Waals surface area contributed by atoms with Gasteiger partial charge >= 0.3 is 0 Å². The Labute approximate surface area is 163 Å². The largest absolute Gasteiger partial charge is 0.303 e. The van der Waals surface area contributed by atoms with Gasteiger partial charge in [-0.05, 0) is 85.1 Å². The van der Waals surface area contributed by atoms with Crippen LogP contribution in [-0.4, -0.2) is 49.1 Å². The Kier molecular flexibility index (Phi) is 5.01. The smallest absolute Gasteiger partial charge is 0.00173 e. The van der Waals surface area contributed by atoms with Crippen molar-refractivity contribution in [3.63, 3.8) is 0 Å². The van der Waals surface area contributed by atoms with Crippen LogP contribution < -0.4 is 0 Å². The summed E-state index contributed by atoms with van der Waals surface area (Å²) in [5.41, 5.74) is 1.08. The molecule has 0 aromatic heterocycles. The Morgan fingerprint density at radius 1 is 0.615 bits per heavy atom. The highest BCUT2D eigenvalue weighted by molar-refractivity contribution is 5.01. The van der Waals surface area contributed by atoms with Crippen molar-refractivity contribution in [2.45, 2.75) is 67.2 Å². The summed E-state index contributed by atoms with van der Waals surface area (Å²) in [7, 11) is 0. The minimum Gasteiger partial charge on any atom is -0.303 e. The van der Waals surface area contributed by atoms with Crippen LogP contribution in [0.25, 0.3) is 0 Å². The van der Waals surface area contributed by atoms with E-state index in [1.165, 1.54) is 65.0 Å². The molecular weight excluding hydrogens is 316 g/mol. The number of nitrogens with zero attached hydrogens (tertiary/aromatic N) is 2. The fourth-order valence-electron chi connectivity index (χ4n) is 7.77. The Morgan fingerprint density at radius 2 is 1.19 bits per heavy atom. The molecule has 26 heavy (non-hydrogen) atoms. The van der Waals surface area contributed by atoms with Crippen LogP contribution in [0.15, 0.2) is 0 Å². The second-order valence-corrected chi connectivity index (χ2v) is 12.6. The Morgan fingerprint density at radius 3 is 1.54 bits per heavy atom. The molecule has 2 nitrogen and oxygen atoms in total. The van der Waals surface area contributed by atoms with E-state index in [2.05, 4.69) is 51.3 Å². The van der Waals surface area contributed by atoms with Crippen molar-refractivity contribution in [1.82, 2.24) is 9.80 Å². The van der Waals surface area contributed by atoms with Gasteiger partial charge in [0.15, 0.2) is 0 Å². The van der Waals surface area contributed by atoms with Gasteiger partial charge in [-0.25, -0.2) is 0 Å². The third-order valence-electron chi connectivity index (χ3n) is 8.56. The van der Waals surface area contributed by atoms with E-state index in [0.717, 1.165) is 35.5 Å². The monoisotopic (exact) mass is 360 g/mol. The number of hydrogen-bond donors (Lipinski definition) is 0. The summed E-state index contributed by atoms with van der Waals surface area (Å²) in [6.45, 7) is 22.9. The summed E-state index contributed by atoms with van der Waals surface area (Å²) in [6, 6.07) is 0. The summed E-state index contributed by atoms with van der Waals surface area (Å²) in [6.07, 6.45) is 5.99. The summed E-state index contributed by atoms with van der Waals surface area (Å²) < 4.78 is 0. The highest BCUT2D eigenvalue weighted by Gasteiger charge is 2.50. The van der Waals surface area contributed by atoms with Gasteiger partial charge in [0, 0.05) is 26.2 Å². The average Bonchev–Trinajstić information content (AvgIpc) is 2.53. The summed E-state index contributed by atoms with van der Waals surface area (Å²) in [4.78, 5) is 5.38. The molecule has 6 saturated heterocycles. The van der Waals surface area contributed by atoms with Crippen LogP contribution in [-0.2, 0) is 0 Å². The predicted octanol–water partition coefficient (Wildman–Crippen LogP) is 4.99. The van der Waals surface area contributed by atoms with Crippen molar-refractivity contribution < 1.29 is 0 Å². The van der Waals surface area contributed by atoms with Crippen molar-refractivity contribution in [2.24, 2.45) is 46.3 Å². The molecule has 150 valence electrons. The molecule has 0 amide bonds. The van der Waals surface area contributed by atoms with Crippen molar-refractivity contribution in [3.8, 4) is 0 Å². The maximum atomic E-state index is 2.73. The van der Waals surface area contributed by atoms with Gasteiger partial charge in [0.05, 0.1) is 0 Å². The Hall–Kier alpha value is -0.0800. The van der Waals surface area contributed by atoms with Crippen LogP contribution in [0.5, 0.6) is 0 Å². The quantitative estimate of drug-likeness (QED) is 0.600. The molecule has 0 aromatic rings. The van der Waals surface area contributed by atoms with Gasteiger partial charge in [-0.3, -0.25) is 0 Å². The molecule has 0 radical (unpaired) electrons. The number of hydrogen-bond acceptors (Lipinski definition) is 2. The lowest BCUT2D eigenvalue weighted by Crippen LogP contribution is -2.60. The maximum absolute atomic E-state index is 2.73. The predicted molar refractivity (Wildman–Crippen MR) is 111 cm³/mol. The number of rotatable bonds is 0. The molecule has 3 atom stereocenters. The van der Waals surface area contributed by atoms with E-state index in [1.807, 2.05) is 0 Å². The summed E-state index contributed by atoms with van der Waals surface area (Å²) >= 11 is 0.